The van der Waals surface area contributed by atoms with Crippen LogP contribution in [0.5, 0.6) is 0 Å². The van der Waals surface area contributed by atoms with Crippen molar-refractivity contribution < 1.29 is 14.4 Å². The maximum absolute atomic E-state index is 11.8. The molecule has 1 aromatic rings. The van der Waals surface area contributed by atoms with Gasteiger partial charge in [0, 0.05) is 18.4 Å². The van der Waals surface area contributed by atoms with Gasteiger partial charge in [0.1, 0.15) is 22.5 Å². The van der Waals surface area contributed by atoms with E-state index in [0.29, 0.717) is 18.1 Å². The number of carbonyl (C=O) groups excluding carboxylic acids is 1. The van der Waals surface area contributed by atoms with Crippen LogP contribution in [0.15, 0.2) is 29.5 Å². The van der Waals surface area contributed by atoms with Crippen LogP contribution in [0, 0.1) is 28.7 Å². The molecule has 0 aliphatic carbocycles. The van der Waals surface area contributed by atoms with Crippen LogP contribution in [-0.4, -0.2) is 57.2 Å². The normalized spacial score (nSPS) is 17.9. The third kappa shape index (κ3) is 5.02. The Bertz CT molecular complexity index is 961. The van der Waals surface area contributed by atoms with E-state index < -0.39 is 17.2 Å². The highest BCUT2D eigenvalue weighted by Gasteiger charge is 2.52. The molecule has 0 atom stereocenters. The maximum atomic E-state index is 11.8. The predicted octanol–water partition coefficient (Wildman–Crippen LogP) is 2.36. The first kappa shape index (κ1) is 20.6. The first-order chi connectivity index (χ1) is 13.7. The van der Waals surface area contributed by atoms with Gasteiger partial charge in [-0.05, 0) is 50.4 Å². The molecule has 0 radical (unpaired) electrons. The summed E-state index contributed by atoms with van der Waals surface area (Å²) in [6, 6.07) is 6.87. The van der Waals surface area contributed by atoms with Crippen molar-refractivity contribution in [1.82, 2.24) is 19.9 Å². The molecular formula is C19H19ClN6O3. The van der Waals surface area contributed by atoms with Gasteiger partial charge >= 0.3 is 6.16 Å². The molecule has 10 heteroatoms. The Morgan fingerprint density at radius 1 is 1.38 bits per heavy atom. The Morgan fingerprint density at radius 3 is 2.79 bits per heavy atom. The van der Waals surface area contributed by atoms with E-state index in [1.54, 1.807) is 37.9 Å². The molecule has 29 heavy (non-hydrogen) atoms. The lowest BCUT2D eigenvalue weighted by Crippen LogP contribution is -2.63. The number of aliphatic imine (C=N–C) groups is 1. The van der Waals surface area contributed by atoms with Crippen LogP contribution in [0.3, 0.4) is 0 Å². The smallest absolute Gasteiger partial charge is 0.427 e. The molecule has 150 valence electrons. The minimum Gasteiger partial charge on any atom is -0.427 e. The largest absolute Gasteiger partial charge is 0.528 e. The highest BCUT2D eigenvalue weighted by molar-refractivity contribution is 6.28. The molecule has 0 amide bonds. The van der Waals surface area contributed by atoms with Gasteiger partial charge in [0.15, 0.2) is 0 Å². The van der Waals surface area contributed by atoms with E-state index in [9.17, 15) is 10.1 Å². The summed E-state index contributed by atoms with van der Waals surface area (Å²) in [6.45, 7) is 6.01. The van der Waals surface area contributed by atoms with Crippen molar-refractivity contribution in [3.8, 4) is 18.0 Å². The summed E-state index contributed by atoms with van der Waals surface area (Å²) in [4.78, 5) is 30.8. The highest BCUT2D eigenvalue weighted by Crippen LogP contribution is 2.34. The van der Waals surface area contributed by atoms with E-state index in [2.05, 4.69) is 33.0 Å². The first-order valence-electron chi connectivity index (χ1n) is 8.79. The van der Waals surface area contributed by atoms with Crippen LogP contribution in [-0.2, 0) is 9.57 Å². The van der Waals surface area contributed by atoms with Gasteiger partial charge in [-0.15, -0.1) is 5.06 Å². The van der Waals surface area contributed by atoms with Crippen molar-refractivity contribution in [2.75, 3.05) is 19.6 Å². The van der Waals surface area contributed by atoms with Gasteiger partial charge in [0.05, 0.1) is 25.7 Å². The van der Waals surface area contributed by atoms with Crippen molar-refractivity contribution in [2.24, 2.45) is 10.4 Å². The van der Waals surface area contributed by atoms with E-state index in [4.69, 9.17) is 21.2 Å². The standard InChI is InChI=1S/C19H19ClN6O3/c1-18(2,3)28-17(27)29-26-12-19(11-21,13-26)15-22-7-4-9-25(15)10-6-14-5-8-23-16(20)24-14/h4-5,7-8H,9,12-13H2,1-3H3. The Hall–Kier alpha value is -3.14. The van der Waals surface area contributed by atoms with Crippen LogP contribution < -0.4 is 0 Å². The molecule has 1 saturated heterocycles. The second-order valence-corrected chi connectivity index (χ2v) is 7.78. The van der Waals surface area contributed by atoms with Crippen molar-refractivity contribution in [1.29, 1.82) is 5.26 Å². The first-order valence-corrected chi connectivity index (χ1v) is 9.17. The molecule has 0 unspecified atom stereocenters. The lowest BCUT2D eigenvalue weighted by atomic mass is 9.80. The summed E-state index contributed by atoms with van der Waals surface area (Å²) >= 11 is 5.78. The Labute approximate surface area is 173 Å². The average molecular weight is 415 g/mol. The van der Waals surface area contributed by atoms with Gasteiger partial charge in [0.25, 0.3) is 0 Å². The Kier molecular flexibility index (Phi) is 5.73. The molecule has 9 nitrogen and oxygen atoms in total. The van der Waals surface area contributed by atoms with E-state index in [-0.39, 0.29) is 18.4 Å². The lowest BCUT2D eigenvalue weighted by molar-refractivity contribution is -0.199. The van der Waals surface area contributed by atoms with E-state index in [1.165, 1.54) is 11.3 Å². The van der Waals surface area contributed by atoms with Crippen LogP contribution in [0.4, 0.5) is 4.79 Å². The fourth-order valence-corrected chi connectivity index (χ4v) is 2.85. The number of hydroxylamine groups is 2. The summed E-state index contributed by atoms with van der Waals surface area (Å²) in [6.07, 6.45) is 4.15. The van der Waals surface area contributed by atoms with Crippen molar-refractivity contribution in [3.63, 3.8) is 0 Å². The number of amidine groups is 1. The Balaban J connectivity index is 1.70. The number of ether oxygens (including phenoxy) is 1. The fraction of sp³-hybridized carbons (Fsp3) is 0.421. The van der Waals surface area contributed by atoms with Gasteiger partial charge in [-0.2, -0.15) is 5.26 Å². The van der Waals surface area contributed by atoms with Gasteiger partial charge in [0.2, 0.25) is 5.28 Å². The second-order valence-electron chi connectivity index (χ2n) is 7.44. The number of halogens is 1. The molecule has 0 bridgehead atoms. The topological polar surface area (TPSA) is 104 Å². The quantitative estimate of drug-likeness (QED) is 0.412. The second kappa shape index (κ2) is 8.08. The van der Waals surface area contributed by atoms with E-state index in [0.717, 1.165) is 0 Å². The van der Waals surface area contributed by atoms with Crippen LogP contribution >= 0.6 is 11.6 Å². The highest BCUT2D eigenvalue weighted by atomic mass is 35.5. The summed E-state index contributed by atoms with van der Waals surface area (Å²) in [5.41, 5.74) is -1.17. The summed E-state index contributed by atoms with van der Waals surface area (Å²) in [5, 5.41) is 11.3. The van der Waals surface area contributed by atoms with Crippen LogP contribution in [0.1, 0.15) is 26.5 Å². The lowest BCUT2D eigenvalue weighted by Gasteiger charge is -2.45. The molecule has 3 rings (SSSR count). The van der Waals surface area contributed by atoms with E-state index in [1.807, 2.05) is 6.08 Å². The van der Waals surface area contributed by atoms with Crippen molar-refractivity contribution in [3.05, 3.63) is 35.5 Å². The molecule has 0 saturated carbocycles. The van der Waals surface area contributed by atoms with Crippen LogP contribution in [0.2, 0.25) is 5.28 Å². The monoisotopic (exact) mass is 414 g/mol. The van der Waals surface area contributed by atoms with Crippen LogP contribution in [0.25, 0.3) is 0 Å². The number of carbonyl (C=O) groups is 1. The van der Waals surface area contributed by atoms with Crippen molar-refractivity contribution >= 4 is 23.6 Å². The molecule has 1 fully saturated rings. The number of rotatable bonds is 2. The molecule has 2 aliphatic rings. The molecular weight excluding hydrogens is 396 g/mol. The molecule has 2 aliphatic heterocycles. The minimum absolute atomic E-state index is 0.103. The molecule has 0 aromatic carbocycles. The number of hydrogen-bond donors (Lipinski definition) is 0. The van der Waals surface area contributed by atoms with E-state index >= 15 is 0 Å². The Morgan fingerprint density at radius 2 is 2.14 bits per heavy atom. The average Bonchev–Trinajstić information content (AvgIpc) is 2.62. The zero-order chi connectivity index (χ0) is 21.1. The predicted molar refractivity (Wildman–Crippen MR) is 104 cm³/mol. The third-order valence-electron chi connectivity index (χ3n) is 3.92. The summed E-state index contributed by atoms with van der Waals surface area (Å²) in [7, 11) is 0. The number of nitrogens with zero attached hydrogens (tertiary/aromatic N) is 6. The van der Waals surface area contributed by atoms with Gasteiger partial charge in [-0.1, -0.05) is 0 Å². The zero-order valence-electron chi connectivity index (χ0n) is 16.2. The summed E-state index contributed by atoms with van der Waals surface area (Å²) in [5.74, 6) is 3.38. The van der Waals surface area contributed by atoms with Crippen molar-refractivity contribution in [2.45, 2.75) is 26.4 Å². The fourth-order valence-electron chi connectivity index (χ4n) is 2.70. The number of nitriles is 1. The molecule has 3 heterocycles. The van der Waals surface area contributed by atoms with Gasteiger partial charge in [-0.3, -0.25) is 4.90 Å². The molecule has 0 N–H and O–H groups in total. The SMILES string of the molecule is CC(C)(C)OC(=O)ON1CC(C#N)(C2=NC=CCN2C#Cc2ccnc(Cl)n2)C1. The minimum atomic E-state index is -0.954. The zero-order valence-corrected chi connectivity index (χ0v) is 17.0. The van der Waals surface area contributed by atoms with Gasteiger partial charge in [-0.25, -0.2) is 19.8 Å². The summed E-state index contributed by atoms with van der Waals surface area (Å²) < 4.78 is 5.13. The van der Waals surface area contributed by atoms with Gasteiger partial charge < -0.3 is 9.57 Å². The number of hydrogen-bond acceptors (Lipinski definition) is 9. The molecule has 1 aromatic heterocycles. The molecule has 0 spiro atoms. The number of aromatic nitrogens is 2. The third-order valence-corrected chi connectivity index (χ3v) is 4.10. The maximum Gasteiger partial charge on any atom is 0.528 e.